The lowest BCUT2D eigenvalue weighted by Gasteiger charge is -2.45. The Balaban J connectivity index is 1.48. The van der Waals surface area contributed by atoms with Gasteiger partial charge in [0.05, 0.1) is 27.4 Å². The van der Waals surface area contributed by atoms with Crippen LogP contribution in [0.4, 0.5) is 0 Å². The van der Waals surface area contributed by atoms with Crippen LogP contribution in [0.5, 0.6) is 0 Å². The van der Waals surface area contributed by atoms with Gasteiger partial charge in [-0.25, -0.2) is 4.98 Å². The monoisotopic (exact) mass is 375 g/mol. The third-order valence-electron chi connectivity index (χ3n) is 4.90. The first kappa shape index (κ1) is 19.3. The summed E-state index contributed by atoms with van der Waals surface area (Å²) in [6, 6.07) is 8.10. The van der Waals surface area contributed by atoms with Crippen molar-refractivity contribution in [1.29, 1.82) is 0 Å². The van der Waals surface area contributed by atoms with Gasteiger partial charge in [0.1, 0.15) is 0 Å². The SMILES string of the molecule is CC1CN(C(C)(C)CNC(=O)CCc2nc3ccccc3s2)CC(C)O1. The number of carbonyl (C=O) groups excluding carboxylic acids is 1. The minimum atomic E-state index is -0.0855. The molecule has 26 heavy (non-hydrogen) atoms. The lowest BCUT2D eigenvalue weighted by Crippen LogP contribution is -2.58. The van der Waals surface area contributed by atoms with Gasteiger partial charge in [0.15, 0.2) is 0 Å². The normalized spacial score (nSPS) is 21.8. The minimum Gasteiger partial charge on any atom is -0.373 e. The molecule has 2 heterocycles. The standard InChI is InChI=1S/C20H29N3O2S/c1-14-11-23(12-15(2)25-14)20(3,4)13-21-18(24)9-10-19-22-16-7-5-6-8-17(16)26-19/h5-8,14-15H,9-13H2,1-4H3,(H,21,24). The highest BCUT2D eigenvalue weighted by molar-refractivity contribution is 7.18. The van der Waals surface area contributed by atoms with E-state index in [1.54, 1.807) is 11.3 Å². The Labute approximate surface area is 159 Å². The zero-order valence-corrected chi connectivity index (χ0v) is 16.9. The Bertz CT molecular complexity index is 715. The van der Waals surface area contributed by atoms with Crippen LogP contribution in [0.15, 0.2) is 24.3 Å². The summed E-state index contributed by atoms with van der Waals surface area (Å²) in [5.41, 5.74) is 0.933. The quantitative estimate of drug-likeness (QED) is 0.842. The fraction of sp³-hybridized carbons (Fsp3) is 0.600. The molecule has 5 nitrogen and oxygen atoms in total. The molecule has 0 radical (unpaired) electrons. The van der Waals surface area contributed by atoms with Crippen LogP contribution >= 0.6 is 11.3 Å². The van der Waals surface area contributed by atoms with Gasteiger partial charge in [0, 0.05) is 38.0 Å². The number of morpholine rings is 1. The predicted octanol–water partition coefficient (Wildman–Crippen LogP) is 3.23. The van der Waals surface area contributed by atoms with Crippen molar-refractivity contribution in [3.63, 3.8) is 0 Å². The molecule has 0 saturated carbocycles. The molecule has 3 rings (SSSR count). The Morgan fingerprint density at radius 1 is 1.31 bits per heavy atom. The van der Waals surface area contributed by atoms with E-state index in [9.17, 15) is 4.79 Å². The first-order chi connectivity index (χ1) is 12.3. The molecular formula is C20H29N3O2S. The highest BCUT2D eigenvalue weighted by atomic mass is 32.1. The van der Waals surface area contributed by atoms with Crippen molar-refractivity contribution in [2.45, 2.75) is 58.3 Å². The molecule has 1 N–H and O–H groups in total. The van der Waals surface area contributed by atoms with Crippen LogP contribution in [0.1, 0.15) is 39.1 Å². The topological polar surface area (TPSA) is 54.5 Å². The predicted molar refractivity (Wildman–Crippen MR) is 107 cm³/mol. The first-order valence-electron chi connectivity index (χ1n) is 9.35. The zero-order chi connectivity index (χ0) is 18.7. The van der Waals surface area contributed by atoms with Crippen LogP contribution in [0.3, 0.4) is 0 Å². The maximum absolute atomic E-state index is 12.3. The van der Waals surface area contributed by atoms with Gasteiger partial charge in [-0.05, 0) is 39.8 Å². The number of rotatable bonds is 6. The lowest BCUT2D eigenvalue weighted by molar-refractivity contribution is -0.122. The van der Waals surface area contributed by atoms with E-state index >= 15 is 0 Å². The van der Waals surface area contributed by atoms with E-state index < -0.39 is 0 Å². The summed E-state index contributed by atoms with van der Waals surface area (Å²) < 4.78 is 7.00. The number of aryl methyl sites for hydroxylation is 1. The molecule has 1 aromatic heterocycles. The number of ether oxygens (including phenoxy) is 1. The summed E-state index contributed by atoms with van der Waals surface area (Å²) in [5.74, 6) is 0.0895. The second-order valence-corrected chi connectivity index (χ2v) is 8.94. The molecule has 0 aliphatic carbocycles. The maximum atomic E-state index is 12.3. The van der Waals surface area contributed by atoms with Crippen molar-refractivity contribution in [3.05, 3.63) is 29.3 Å². The smallest absolute Gasteiger partial charge is 0.220 e. The van der Waals surface area contributed by atoms with Gasteiger partial charge in [-0.15, -0.1) is 11.3 Å². The van der Waals surface area contributed by atoms with E-state index in [1.807, 2.05) is 18.2 Å². The van der Waals surface area contributed by atoms with Crippen molar-refractivity contribution >= 4 is 27.5 Å². The Kier molecular flexibility index (Phi) is 5.95. The van der Waals surface area contributed by atoms with Crippen LogP contribution in [0.2, 0.25) is 0 Å². The van der Waals surface area contributed by atoms with Gasteiger partial charge in [0.2, 0.25) is 5.91 Å². The van der Waals surface area contributed by atoms with Crippen LogP contribution in [-0.2, 0) is 16.0 Å². The molecule has 1 aliphatic rings. The van der Waals surface area contributed by atoms with E-state index in [0.717, 1.165) is 23.6 Å². The molecule has 2 unspecified atom stereocenters. The highest BCUT2D eigenvalue weighted by Gasteiger charge is 2.33. The first-order valence-corrected chi connectivity index (χ1v) is 10.2. The molecular weight excluding hydrogens is 346 g/mol. The molecule has 1 aliphatic heterocycles. The summed E-state index contributed by atoms with van der Waals surface area (Å²) in [6.07, 6.45) is 1.63. The van der Waals surface area contributed by atoms with Gasteiger partial charge in [0.25, 0.3) is 0 Å². The maximum Gasteiger partial charge on any atom is 0.220 e. The number of hydrogen-bond acceptors (Lipinski definition) is 5. The van der Waals surface area contributed by atoms with Crippen molar-refractivity contribution in [3.8, 4) is 0 Å². The lowest BCUT2D eigenvalue weighted by atomic mass is 10.00. The number of para-hydroxylation sites is 1. The van der Waals surface area contributed by atoms with Crippen molar-refractivity contribution < 1.29 is 9.53 Å². The molecule has 2 atom stereocenters. The zero-order valence-electron chi connectivity index (χ0n) is 16.1. The van der Waals surface area contributed by atoms with E-state index in [-0.39, 0.29) is 23.7 Å². The van der Waals surface area contributed by atoms with Gasteiger partial charge < -0.3 is 10.1 Å². The molecule has 142 valence electrons. The number of nitrogens with zero attached hydrogens (tertiary/aromatic N) is 2. The number of hydrogen-bond donors (Lipinski definition) is 1. The van der Waals surface area contributed by atoms with Crippen molar-refractivity contribution in [2.75, 3.05) is 19.6 Å². The number of benzene rings is 1. The van der Waals surface area contributed by atoms with E-state index in [2.05, 4.69) is 49.0 Å². The average Bonchev–Trinajstić information content (AvgIpc) is 3.00. The van der Waals surface area contributed by atoms with Crippen molar-refractivity contribution in [1.82, 2.24) is 15.2 Å². The van der Waals surface area contributed by atoms with Crippen LogP contribution in [-0.4, -0.2) is 53.2 Å². The molecule has 2 aromatic rings. The highest BCUT2D eigenvalue weighted by Crippen LogP contribution is 2.23. The third-order valence-corrected chi connectivity index (χ3v) is 5.99. The second kappa shape index (κ2) is 8.03. The summed E-state index contributed by atoms with van der Waals surface area (Å²) in [5, 5.41) is 4.13. The summed E-state index contributed by atoms with van der Waals surface area (Å²) >= 11 is 1.67. The van der Waals surface area contributed by atoms with Gasteiger partial charge in [-0.3, -0.25) is 9.69 Å². The summed E-state index contributed by atoms with van der Waals surface area (Å²) in [6.45, 7) is 11.0. The Hall–Kier alpha value is -1.50. The van der Waals surface area contributed by atoms with Crippen molar-refractivity contribution in [2.24, 2.45) is 0 Å². The second-order valence-electron chi connectivity index (χ2n) is 7.83. The van der Waals surface area contributed by atoms with E-state index in [4.69, 9.17) is 4.74 Å². The Morgan fingerprint density at radius 3 is 2.69 bits per heavy atom. The molecule has 1 saturated heterocycles. The average molecular weight is 376 g/mol. The molecule has 1 amide bonds. The van der Waals surface area contributed by atoms with Gasteiger partial charge in [-0.2, -0.15) is 0 Å². The number of fused-ring (bicyclic) bond motifs is 1. The molecule has 1 fully saturated rings. The summed E-state index contributed by atoms with van der Waals surface area (Å²) in [4.78, 5) is 19.3. The molecule has 0 spiro atoms. The fourth-order valence-electron chi connectivity index (χ4n) is 3.43. The minimum absolute atomic E-state index is 0.0855. The largest absolute Gasteiger partial charge is 0.373 e. The van der Waals surface area contributed by atoms with E-state index in [0.29, 0.717) is 19.4 Å². The number of aromatic nitrogens is 1. The summed E-state index contributed by atoms with van der Waals surface area (Å²) in [7, 11) is 0. The number of nitrogens with one attached hydrogen (secondary N) is 1. The number of thiazole rings is 1. The van der Waals surface area contributed by atoms with E-state index in [1.165, 1.54) is 4.70 Å². The number of carbonyl (C=O) groups is 1. The van der Waals surface area contributed by atoms with Gasteiger partial charge >= 0.3 is 0 Å². The molecule has 0 bridgehead atoms. The fourth-order valence-corrected chi connectivity index (χ4v) is 4.40. The number of amides is 1. The van der Waals surface area contributed by atoms with Crippen LogP contribution < -0.4 is 5.32 Å². The van der Waals surface area contributed by atoms with Crippen LogP contribution in [0.25, 0.3) is 10.2 Å². The van der Waals surface area contributed by atoms with Gasteiger partial charge in [-0.1, -0.05) is 12.1 Å². The van der Waals surface area contributed by atoms with Crippen LogP contribution in [0, 0.1) is 0 Å². The molecule has 1 aromatic carbocycles. The molecule has 6 heteroatoms. The third kappa shape index (κ3) is 4.81. The Morgan fingerprint density at radius 2 is 2.00 bits per heavy atom.